The normalized spacial score (nSPS) is 11.1. The van der Waals surface area contributed by atoms with Crippen molar-refractivity contribution in [1.29, 1.82) is 0 Å². The van der Waals surface area contributed by atoms with Gasteiger partial charge in [0.15, 0.2) is 0 Å². The highest BCUT2D eigenvalue weighted by molar-refractivity contribution is 6.30. The summed E-state index contributed by atoms with van der Waals surface area (Å²) in [6, 6.07) is 1.77. The first kappa shape index (κ1) is 16.2. The van der Waals surface area contributed by atoms with Crippen LogP contribution in [-0.2, 0) is 9.53 Å². The minimum absolute atomic E-state index is 0.250. The average Bonchev–Trinajstić information content (AvgIpc) is 2.43. The van der Waals surface area contributed by atoms with Crippen LogP contribution in [0.4, 0.5) is 0 Å². The number of methoxy groups -OCH3 is 1. The maximum atomic E-state index is 11.1. The quantitative estimate of drug-likeness (QED) is 0.460. The third-order valence-electron chi connectivity index (χ3n) is 2.67. The Morgan fingerprint density at radius 3 is 2.80 bits per heavy atom. The summed E-state index contributed by atoms with van der Waals surface area (Å²) in [5.41, 5.74) is 2.29. The van der Waals surface area contributed by atoms with Gasteiger partial charge in [-0.2, -0.15) is 5.10 Å². The molecule has 0 aliphatic heterocycles. The molecule has 0 amide bonds. The number of carbonyl (C=O) groups is 1. The molecule has 0 N–H and O–H groups in total. The predicted octanol–water partition coefficient (Wildman–Crippen LogP) is 2.97. The fraction of sp³-hybridized carbons (Fsp3) is 0.357. The molecule has 0 aliphatic carbocycles. The van der Waals surface area contributed by atoms with Crippen molar-refractivity contribution in [2.45, 2.75) is 19.8 Å². The van der Waals surface area contributed by atoms with Gasteiger partial charge in [0.05, 0.1) is 24.3 Å². The smallest absolute Gasteiger partial charge is 0.305 e. The first-order valence-corrected chi connectivity index (χ1v) is 6.46. The van der Waals surface area contributed by atoms with Gasteiger partial charge in [0.2, 0.25) is 0 Å². The molecule has 0 unspecified atom stereocenters. The van der Waals surface area contributed by atoms with E-state index in [2.05, 4.69) is 21.4 Å². The van der Waals surface area contributed by atoms with E-state index in [9.17, 15) is 4.79 Å². The fourth-order valence-electron chi connectivity index (χ4n) is 1.51. The number of hydrazone groups is 1. The molecule has 1 rings (SSSR count). The molecule has 0 spiro atoms. The van der Waals surface area contributed by atoms with Crippen molar-refractivity contribution < 1.29 is 9.53 Å². The van der Waals surface area contributed by atoms with Crippen LogP contribution >= 0.6 is 11.6 Å². The molecule has 0 saturated heterocycles. The predicted molar refractivity (Wildman–Crippen MR) is 80.4 cm³/mol. The van der Waals surface area contributed by atoms with Gasteiger partial charge >= 0.3 is 5.97 Å². The molecule has 6 heteroatoms. The third-order valence-corrected chi connectivity index (χ3v) is 2.87. The highest BCUT2D eigenvalue weighted by Gasteiger charge is 2.07. The Balaban J connectivity index is 2.67. The molecule has 1 aromatic rings. The van der Waals surface area contributed by atoms with E-state index in [0.29, 0.717) is 23.6 Å². The average molecular weight is 296 g/mol. The molecular formula is C14H18ClN3O2. The van der Waals surface area contributed by atoms with Crippen molar-refractivity contribution >= 4 is 29.0 Å². The van der Waals surface area contributed by atoms with Crippen LogP contribution in [0, 0.1) is 0 Å². The van der Waals surface area contributed by atoms with E-state index in [1.807, 2.05) is 6.92 Å². The zero-order chi connectivity index (χ0) is 15.1. The van der Waals surface area contributed by atoms with E-state index in [-0.39, 0.29) is 5.97 Å². The molecule has 0 aliphatic rings. The van der Waals surface area contributed by atoms with Crippen LogP contribution in [0.2, 0.25) is 5.02 Å². The van der Waals surface area contributed by atoms with Gasteiger partial charge in [-0.05, 0) is 19.4 Å². The zero-order valence-electron chi connectivity index (χ0n) is 11.9. The first-order chi connectivity index (χ1) is 9.43. The van der Waals surface area contributed by atoms with Crippen LogP contribution < -0.4 is 0 Å². The highest BCUT2D eigenvalue weighted by atomic mass is 35.5. The Morgan fingerprint density at radius 1 is 1.50 bits per heavy atom. The minimum Gasteiger partial charge on any atom is -0.469 e. The Labute approximate surface area is 123 Å². The van der Waals surface area contributed by atoms with Crippen molar-refractivity contribution in [3.8, 4) is 0 Å². The molecule has 0 saturated carbocycles. The van der Waals surface area contributed by atoms with Crippen LogP contribution in [0.1, 0.15) is 25.3 Å². The summed E-state index contributed by atoms with van der Waals surface area (Å²) in [6.07, 6.45) is 4.08. The van der Waals surface area contributed by atoms with Crippen LogP contribution in [-0.4, -0.2) is 35.8 Å². The molecule has 20 heavy (non-hydrogen) atoms. The summed E-state index contributed by atoms with van der Waals surface area (Å²) in [4.78, 5) is 15.1. The SMILES string of the molecule is C=C(c1cncc(Cl)c1)N(C)/N=C(\C)CCC(=O)OC. The summed E-state index contributed by atoms with van der Waals surface area (Å²) in [5.74, 6) is -0.250. The van der Waals surface area contributed by atoms with E-state index < -0.39 is 0 Å². The number of hydrogen-bond donors (Lipinski definition) is 0. The zero-order valence-corrected chi connectivity index (χ0v) is 12.6. The van der Waals surface area contributed by atoms with Gasteiger partial charge in [-0.25, -0.2) is 0 Å². The Morgan fingerprint density at radius 2 is 2.20 bits per heavy atom. The Hall–Kier alpha value is -1.88. The van der Waals surface area contributed by atoms with Crippen molar-refractivity contribution in [2.75, 3.05) is 14.2 Å². The number of esters is 1. The molecule has 0 fully saturated rings. The molecule has 1 aromatic heterocycles. The lowest BCUT2D eigenvalue weighted by Gasteiger charge is -2.17. The first-order valence-electron chi connectivity index (χ1n) is 6.08. The Bertz CT molecular complexity index is 529. The number of ether oxygens (including phenoxy) is 1. The summed E-state index contributed by atoms with van der Waals surface area (Å²) < 4.78 is 4.59. The number of pyridine rings is 1. The van der Waals surface area contributed by atoms with Gasteiger partial charge in [0, 0.05) is 30.7 Å². The van der Waals surface area contributed by atoms with Gasteiger partial charge in [0.25, 0.3) is 0 Å². The van der Waals surface area contributed by atoms with Crippen LogP contribution in [0.3, 0.4) is 0 Å². The number of rotatable bonds is 6. The molecular weight excluding hydrogens is 278 g/mol. The van der Waals surface area contributed by atoms with E-state index in [0.717, 1.165) is 11.3 Å². The largest absolute Gasteiger partial charge is 0.469 e. The van der Waals surface area contributed by atoms with Crippen molar-refractivity contribution in [1.82, 2.24) is 9.99 Å². The molecule has 1 heterocycles. The summed E-state index contributed by atoms with van der Waals surface area (Å²) in [6.45, 7) is 5.81. The number of halogens is 1. The molecule has 5 nitrogen and oxygen atoms in total. The van der Waals surface area contributed by atoms with E-state index in [1.54, 1.807) is 30.5 Å². The highest BCUT2D eigenvalue weighted by Crippen LogP contribution is 2.18. The van der Waals surface area contributed by atoms with E-state index >= 15 is 0 Å². The number of carbonyl (C=O) groups excluding carboxylic acids is 1. The lowest BCUT2D eigenvalue weighted by Crippen LogP contribution is -2.12. The lowest BCUT2D eigenvalue weighted by molar-refractivity contribution is -0.140. The minimum atomic E-state index is -0.250. The maximum absolute atomic E-state index is 11.1. The standard InChI is InChI=1S/C14H18ClN3O2/c1-10(5-6-14(19)20-4)17-18(3)11(2)12-7-13(15)9-16-8-12/h7-9H,2,5-6H2,1,3-4H3/b17-10+. The number of hydrogen-bond acceptors (Lipinski definition) is 5. The van der Waals surface area contributed by atoms with Crippen LogP contribution in [0.25, 0.3) is 5.70 Å². The second-order valence-corrected chi connectivity index (χ2v) is 4.71. The van der Waals surface area contributed by atoms with Crippen molar-refractivity contribution in [2.24, 2.45) is 5.10 Å². The summed E-state index contributed by atoms with van der Waals surface area (Å²) in [5, 5.41) is 6.54. The fourth-order valence-corrected chi connectivity index (χ4v) is 1.68. The molecule has 0 atom stereocenters. The summed E-state index contributed by atoms with van der Waals surface area (Å²) in [7, 11) is 3.15. The number of nitrogens with zero attached hydrogens (tertiary/aromatic N) is 3. The van der Waals surface area contributed by atoms with Gasteiger partial charge in [0.1, 0.15) is 0 Å². The van der Waals surface area contributed by atoms with Crippen LogP contribution in [0.15, 0.2) is 30.1 Å². The van der Waals surface area contributed by atoms with Gasteiger partial charge in [-0.15, -0.1) is 0 Å². The van der Waals surface area contributed by atoms with Crippen molar-refractivity contribution in [3.63, 3.8) is 0 Å². The molecule has 0 bridgehead atoms. The van der Waals surface area contributed by atoms with E-state index in [1.165, 1.54) is 7.11 Å². The molecule has 0 radical (unpaired) electrons. The monoisotopic (exact) mass is 295 g/mol. The van der Waals surface area contributed by atoms with Gasteiger partial charge in [-0.1, -0.05) is 18.2 Å². The van der Waals surface area contributed by atoms with Crippen molar-refractivity contribution in [3.05, 3.63) is 35.6 Å². The van der Waals surface area contributed by atoms with E-state index in [4.69, 9.17) is 11.6 Å². The Kier molecular flexibility index (Phi) is 6.18. The van der Waals surface area contributed by atoms with Gasteiger partial charge < -0.3 is 4.74 Å². The van der Waals surface area contributed by atoms with Gasteiger partial charge in [-0.3, -0.25) is 14.8 Å². The molecule has 108 valence electrons. The second kappa shape index (κ2) is 7.65. The second-order valence-electron chi connectivity index (χ2n) is 4.27. The summed E-state index contributed by atoms with van der Waals surface area (Å²) >= 11 is 5.89. The molecule has 0 aromatic carbocycles. The lowest BCUT2D eigenvalue weighted by atomic mass is 10.2. The topological polar surface area (TPSA) is 54.8 Å². The van der Waals surface area contributed by atoms with Crippen LogP contribution in [0.5, 0.6) is 0 Å². The third kappa shape index (κ3) is 5.01. The maximum Gasteiger partial charge on any atom is 0.305 e. The number of aromatic nitrogens is 1.